The third-order valence-corrected chi connectivity index (χ3v) is 9.65. The summed E-state index contributed by atoms with van der Waals surface area (Å²) in [5.74, 6) is -6.77. The minimum absolute atomic E-state index is 0.0121. The second kappa shape index (κ2) is 27.3. The highest BCUT2D eigenvalue weighted by atomic mass is 32.2. The van der Waals surface area contributed by atoms with Gasteiger partial charge >= 0.3 is 11.9 Å². The van der Waals surface area contributed by atoms with E-state index in [-0.39, 0.29) is 82.1 Å². The molecule has 62 heavy (non-hydrogen) atoms. The molecule has 0 aliphatic heterocycles. The monoisotopic (exact) mass is 890 g/mol. The van der Waals surface area contributed by atoms with Crippen molar-refractivity contribution >= 4 is 65.2 Å². The minimum atomic E-state index is -1.43. The van der Waals surface area contributed by atoms with E-state index in [9.17, 15) is 43.8 Å². The van der Waals surface area contributed by atoms with Crippen LogP contribution in [0.5, 0.6) is 5.75 Å². The number of hydrogen-bond donors (Lipinski definition) is 14. The van der Waals surface area contributed by atoms with Crippen LogP contribution in [0.4, 0.5) is 0 Å². The highest BCUT2D eigenvalue weighted by Crippen LogP contribution is 2.13. The van der Waals surface area contributed by atoms with E-state index in [1.54, 1.807) is 6.26 Å². The molecule has 0 aliphatic rings. The number of carbonyl (C=O) groups excluding carboxylic acids is 5. The van der Waals surface area contributed by atoms with Gasteiger partial charge < -0.3 is 75.6 Å². The minimum Gasteiger partial charge on any atom is -0.508 e. The summed E-state index contributed by atoms with van der Waals surface area (Å²) >= 11 is 1.36. The number of H-pyrrole nitrogens is 1. The number of amides is 5. The fourth-order valence-electron chi connectivity index (χ4n) is 5.72. The van der Waals surface area contributed by atoms with Gasteiger partial charge in [0.05, 0.1) is 12.4 Å². The maximum absolute atomic E-state index is 14.1. The van der Waals surface area contributed by atoms with Crippen LogP contribution in [0.1, 0.15) is 56.2 Å². The van der Waals surface area contributed by atoms with Crippen molar-refractivity contribution in [2.24, 2.45) is 38.7 Å². The van der Waals surface area contributed by atoms with Crippen molar-refractivity contribution in [3.8, 4) is 5.75 Å². The number of carboxylic acid groups (broad SMARTS) is 2. The maximum Gasteiger partial charge on any atom is 0.326 e. The Hall–Kier alpha value is -6.63. The molecule has 5 amide bonds. The molecule has 25 heteroatoms. The van der Waals surface area contributed by atoms with E-state index in [0.29, 0.717) is 17.0 Å². The zero-order valence-electron chi connectivity index (χ0n) is 34.2. The molecule has 2 aromatic rings. The first-order valence-electron chi connectivity index (χ1n) is 19.5. The van der Waals surface area contributed by atoms with Crippen LogP contribution in [0.25, 0.3) is 0 Å². The summed E-state index contributed by atoms with van der Waals surface area (Å²) in [4.78, 5) is 106. The van der Waals surface area contributed by atoms with Crippen LogP contribution in [-0.4, -0.2) is 140 Å². The van der Waals surface area contributed by atoms with Crippen molar-refractivity contribution in [1.82, 2.24) is 36.6 Å². The summed E-state index contributed by atoms with van der Waals surface area (Å²) in [6, 6.07) is -2.23. The second-order valence-electron chi connectivity index (χ2n) is 14.0. The maximum atomic E-state index is 14.1. The topological polar surface area (TPSA) is 424 Å². The number of thioether (sulfide) groups is 1. The molecule has 342 valence electrons. The molecule has 1 heterocycles. The average molecular weight is 891 g/mol. The van der Waals surface area contributed by atoms with Crippen LogP contribution < -0.4 is 55.3 Å². The molecule has 0 unspecified atom stereocenters. The molecule has 0 radical (unpaired) electrons. The number of phenolic OH excluding ortho intramolecular Hbond substituents is 1. The lowest BCUT2D eigenvalue weighted by Gasteiger charge is -2.27. The van der Waals surface area contributed by atoms with Crippen molar-refractivity contribution in [2.45, 2.75) is 94.0 Å². The predicted octanol–water partition coefficient (Wildman–Crippen LogP) is -3.54. The number of phenols is 1. The average Bonchev–Trinajstić information content (AvgIpc) is 3.73. The van der Waals surface area contributed by atoms with Crippen LogP contribution >= 0.6 is 11.8 Å². The van der Waals surface area contributed by atoms with Gasteiger partial charge in [-0.2, -0.15) is 11.8 Å². The Labute approximate surface area is 361 Å². The van der Waals surface area contributed by atoms with E-state index in [0.717, 1.165) is 0 Å². The quantitative estimate of drug-likeness (QED) is 0.0214. The van der Waals surface area contributed by atoms with Gasteiger partial charge in [-0.05, 0) is 68.2 Å². The number of nitrogens with two attached hydrogens (primary N) is 5. The van der Waals surface area contributed by atoms with Gasteiger partial charge in [0.1, 0.15) is 36.0 Å². The lowest BCUT2D eigenvalue weighted by molar-refractivity contribution is -0.142. The van der Waals surface area contributed by atoms with E-state index in [1.807, 2.05) is 0 Å². The number of aromatic amines is 1. The fraction of sp³-hybridized carbons (Fsp3) is 0.514. The van der Waals surface area contributed by atoms with Crippen molar-refractivity contribution in [2.75, 3.05) is 25.1 Å². The number of nitrogens with zero attached hydrogens (tertiary/aromatic N) is 3. The molecule has 0 saturated carbocycles. The first kappa shape index (κ1) is 51.5. The molecule has 19 N–H and O–H groups in total. The summed E-state index contributed by atoms with van der Waals surface area (Å²) in [5.41, 5.74) is 28.6. The van der Waals surface area contributed by atoms with Crippen molar-refractivity contribution < 1.29 is 48.9 Å². The van der Waals surface area contributed by atoms with E-state index < -0.39 is 84.1 Å². The van der Waals surface area contributed by atoms with Crippen molar-refractivity contribution in [3.05, 3.63) is 48.0 Å². The number of carboxylic acids is 2. The summed E-state index contributed by atoms with van der Waals surface area (Å²) in [5, 5.41) is 41.6. The normalized spacial score (nSPS) is 13.7. The number of aromatic hydroxyl groups is 1. The summed E-state index contributed by atoms with van der Waals surface area (Å²) < 4.78 is 0. The molecule has 1 aromatic carbocycles. The molecule has 0 fully saturated rings. The molecule has 24 nitrogen and oxygen atoms in total. The van der Waals surface area contributed by atoms with Gasteiger partial charge in [-0.25, -0.2) is 9.78 Å². The van der Waals surface area contributed by atoms with Gasteiger partial charge in [0.25, 0.3) is 0 Å². The molecular weight excluding hydrogens is 833 g/mol. The van der Waals surface area contributed by atoms with Gasteiger partial charge in [-0.3, -0.25) is 38.8 Å². The number of carbonyl (C=O) groups is 7. The second-order valence-corrected chi connectivity index (χ2v) is 15.0. The van der Waals surface area contributed by atoms with Crippen LogP contribution in [0.15, 0.2) is 46.8 Å². The van der Waals surface area contributed by atoms with Crippen LogP contribution in [0, 0.1) is 0 Å². The van der Waals surface area contributed by atoms with Gasteiger partial charge in [-0.15, -0.1) is 0 Å². The lowest BCUT2D eigenvalue weighted by atomic mass is 10.0. The van der Waals surface area contributed by atoms with Crippen LogP contribution in [0.2, 0.25) is 0 Å². The van der Waals surface area contributed by atoms with Crippen LogP contribution in [0.3, 0.4) is 0 Å². The highest BCUT2D eigenvalue weighted by Gasteiger charge is 2.33. The van der Waals surface area contributed by atoms with Gasteiger partial charge in [0.2, 0.25) is 29.5 Å². The summed E-state index contributed by atoms with van der Waals surface area (Å²) in [6.07, 6.45) is 3.92. The van der Waals surface area contributed by atoms with Gasteiger partial charge in [-0.1, -0.05) is 12.1 Å². The number of benzene rings is 1. The number of aromatic nitrogens is 2. The Kier molecular flexibility index (Phi) is 22.6. The Balaban J connectivity index is 2.41. The third kappa shape index (κ3) is 20.1. The predicted molar refractivity (Wildman–Crippen MR) is 229 cm³/mol. The number of guanidine groups is 2. The Morgan fingerprint density at radius 3 is 1.65 bits per heavy atom. The highest BCUT2D eigenvalue weighted by molar-refractivity contribution is 7.98. The number of imidazole rings is 1. The van der Waals surface area contributed by atoms with Crippen molar-refractivity contribution in [1.29, 1.82) is 0 Å². The molecular formula is C37H58N14O10S. The van der Waals surface area contributed by atoms with E-state index in [4.69, 9.17) is 33.8 Å². The molecule has 0 spiro atoms. The largest absolute Gasteiger partial charge is 0.508 e. The Morgan fingerprint density at radius 1 is 0.694 bits per heavy atom. The zero-order valence-corrected chi connectivity index (χ0v) is 35.1. The van der Waals surface area contributed by atoms with Gasteiger partial charge in [0, 0.05) is 44.2 Å². The number of nitrogens with one attached hydrogen (secondary N) is 6. The molecule has 2 rings (SSSR count). The smallest absolute Gasteiger partial charge is 0.326 e. The number of aliphatic imine (C=N–C) groups is 2. The molecule has 6 atom stereocenters. The van der Waals surface area contributed by atoms with E-state index in [2.05, 4.69) is 46.5 Å². The molecule has 0 aliphatic carbocycles. The van der Waals surface area contributed by atoms with E-state index >= 15 is 0 Å². The standard InChI is InChI=1S/C37H58N14O10S/c1-62-15-12-26(49-31(56)24(4-2-13-44-36(39)40)47-30(55)23(38)10-11-29(53)54)33(58)48-25(5-3-14-45-37(41)42)32(57)50-27(16-20-6-8-22(52)9-7-20)34(59)51-28(35(60)61)17-21-18-43-19-46-21/h6-9,18-19,23-28,52H,2-5,10-17,38H2,1H3,(H,43,46)(H,47,55)(H,48,58)(H,49,56)(H,50,57)(H,51,59)(H,53,54)(H,60,61)(H4,39,40,44)(H4,41,42,45)/t23-,24-,25-,26-,27-,28-/m0/s1. The lowest BCUT2D eigenvalue weighted by Crippen LogP contribution is -2.59. The number of hydrogen-bond acceptors (Lipinski definition) is 13. The Morgan fingerprint density at radius 2 is 1.18 bits per heavy atom. The Bertz CT molecular complexity index is 1840. The SMILES string of the molecule is CSCC[C@H](NC(=O)[C@H](CCCN=C(N)N)NC(=O)[C@@H](N)CCC(=O)O)C(=O)N[C@@H](CCCN=C(N)N)C(=O)N[C@@H](Cc1ccc(O)cc1)C(=O)N[C@@H](Cc1cnc[nH]1)C(=O)O. The van der Waals surface area contributed by atoms with Crippen molar-refractivity contribution in [3.63, 3.8) is 0 Å². The zero-order chi connectivity index (χ0) is 46.2. The number of aliphatic carboxylic acids is 2. The third-order valence-electron chi connectivity index (χ3n) is 9.01. The first-order chi connectivity index (χ1) is 29.4. The van der Waals surface area contributed by atoms with Gasteiger partial charge in [0.15, 0.2) is 11.9 Å². The summed E-state index contributed by atoms with van der Waals surface area (Å²) in [6.45, 7) is 0.142. The number of rotatable bonds is 29. The molecule has 1 aromatic heterocycles. The van der Waals surface area contributed by atoms with Crippen LogP contribution in [-0.2, 0) is 46.4 Å². The fourth-order valence-corrected chi connectivity index (χ4v) is 6.19. The summed E-state index contributed by atoms with van der Waals surface area (Å²) in [7, 11) is 0. The van der Waals surface area contributed by atoms with E-state index in [1.165, 1.54) is 48.6 Å². The first-order valence-corrected chi connectivity index (χ1v) is 20.9. The molecule has 0 bridgehead atoms. The molecule has 0 saturated heterocycles.